The minimum Gasteiger partial charge on any atom is -0.366 e. The van der Waals surface area contributed by atoms with Crippen molar-refractivity contribution in [1.82, 2.24) is 15.3 Å². The lowest BCUT2D eigenvalue weighted by molar-refractivity contribution is 0.100. The van der Waals surface area contributed by atoms with Crippen LogP contribution in [-0.2, 0) is 0 Å². The minimum absolute atomic E-state index is 0.0196. The number of hydrogen-bond donors (Lipinski definition) is 3. The van der Waals surface area contributed by atoms with Gasteiger partial charge in [0.2, 0.25) is 0 Å². The van der Waals surface area contributed by atoms with E-state index < -0.39 is 5.91 Å². The number of piperidine rings is 1. The summed E-state index contributed by atoms with van der Waals surface area (Å²) in [6.45, 7) is 3.36. The van der Waals surface area contributed by atoms with Crippen molar-refractivity contribution >= 4 is 22.6 Å². The molecular weight excluding hydrogens is 357 g/mol. The number of benzene rings is 2. The number of primary amides is 1. The average Bonchev–Trinajstić information content (AvgIpc) is 2.70. The third kappa shape index (κ3) is 3.41. The number of nitrogens with one attached hydrogen (secondary N) is 2. The van der Waals surface area contributed by atoms with Crippen molar-refractivity contribution in [2.24, 2.45) is 5.73 Å². The number of hydrogen-bond acceptors (Lipinski definition) is 5. The first kappa shape index (κ1) is 18.3. The zero-order valence-corrected chi connectivity index (χ0v) is 15.6. The van der Waals surface area contributed by atoms with Gasteiger partial charge in [0.15, 0.2) is 0 Å². The molecule has 2 heterocycles. The Morgan fingerprint density at radius 1 is 1.29 bits per heavy atom. The maximum absolute atomic E-state index is 14.1. The molecule has 0 aliphatic carbocycles. The van der Waals surface area contributed by atoms with Gasteiger partial charge < -0.3 is 16.4 Å². The highest BCUT2D eigenvalue weighted by molar-refractivity contribution is 6.06. The van der Waals surface area contributed by atoms with E-state index in [0.29, 0.717) is 22.5 Å². The molecule has 7 heteroatoms. The van der Waals surface area contributed by atoms with Crippen LogP contribution in [0.1, 0.15) is 33.8 Å². The fraction of sp³-hybridized carbons (Fsp3) is 0.286. The molecule has 1 aromatic heterocycles. The second-order valence-corrected chi connectivity index (χ2v) is 7.15. The molecular formula is C21H22FN5O. The molecule has 0 bridgehead atoms. The molecule has 3 aromatic rings. The van der Waals surface area contributed by atoms with Gasteiger partial charge in [-0.05, 0) is 49.2 Å². The Labute approximate surface area is 162 Å². The number of aryl methyl sites for hydroxylation is 1. The smallest absolute Gasteiger partial charge is 0.250 e. The lowest BCUT2D eigenvalue weighted by atomic mass is 9.85. The molecule has 4 rings (SSSR count). The Morgan fingerprint density at radius 3 is 2.93 bits per heavy atom. The van der Waals surface area contributed by atoms with Crippen LogP contribution in [0.25, 0.3) is 10.9 Å². The molecule has 1 aliphatic heterocycles. The van der Waals surface area contributed by atoms with Crippen molar-refractivity contribution in [1.29, 1.82) is 0 Å². The Hall–Kier alpha value is -3.06. The van der Waals surface area contributed by atoms with Crippen LogP contribution in [0.2, 0.25) is 0 Å². The highest BCUT2D eigenvalue weighted by Gasteiger charge is 2.28. The van der Waals surface area contributed by atoms with E-state index >= 15 is 0 Å². The standard InChI is InChI=1S/C21H22FN5O/c1-12-5-6-13(9-17(12)22)14-7-8-24-10-18(14)27-21-16-4-2-3-15(20(23)28)19(16)25-11-26-21/h2-6,9,11,14,18,24H,7-8,10H2,1H3,(H2,23,28)(H,25,26,27)/t14-,18?/m1/s1. The van der Waals surface area contributed by atoms with Crippen LogP contribution in [0.15, 0.2) is 42.7 Å². The van der Waals surface area contributed by atoms with Crippen LogP contribution in [0.3, 0.4) is 0 Å². The molecule has 0 saturated carbocycles. The van der Waals surface area contributed by atoms with E-state index in [1.54, 1.807) is 25.1 Å². The van der Waals surface area contributed by atoms with Gasteiger partial charge in [-0.15, -0.1) is 0 Å². The first-order valence-corrected chi connectivity index (χ1v) is 9.31. The highest BCUT2D eigenvalue weighted by Crippen LogP contribution is 2.30. The minimum atomic E-state index is -0.525. The van der Waals surface area contributed by atoms with Gasteiger partial charge in [-0.25, -0.2) is 14.4 Å². The van der Waals surface area contributed by atoms with Crippen molar-refractivity contribution in [3.8, 4) is 0 Å². The lowest BCUT2D eigenvalue weighted by Crippen LogP contribution is -2.44. The van der Waals surface area contributed by atoms with E-state index in [-0.39, 0.29) is 17.8 Å². The largest absolute Gasteiger partial charge is 0.366 e. The van der Waals surface area contributed by atoms with Crippen LogP contribution >= 0.6 is 0 Å². The molecule has 1 amide bonds. The Morgan fingerprint density at radius 2 is 2.14 bits per heavy atom. The summed E-state index contributed by atoms with van der Waals surface area (Å²) < 4.78 is 14.1. The summed E-state index contributed by atoms with van der Waals surface area (Å²) in [5.41, 5.74) is 7.97. The predicted molar refractivity (Wildman–Crippen MR) is 107 cm³/mol. The van der Waals surface area contributed by atoms with Crippen molar-refractivity contribution in [2.75, 3.05) is 18.4 Å². The summed E-state index contributed by atoms with van der Waals surface area (Å²) in [6, 6.07) is 10.7. The Kier molecular flexibility index (Phi) is 4.92. The quantitative estimate of drug-likeness (QED) is 0.648. The Balaban J connectivity index is 1.69. The molecule has 2 atom stereocenters. The van der Waals surface area contributed by atoms with Crippen molar-refractivity contribution in [2.45, 2.75) is 25.3 Å². The number of para-hydroxylation sites is 1. The predicted octanol–water partition coefficient (Wildman–Crippen LogP) is 2.73. The van der Waals surface area contributed by atoms with Crippen molar-refractivity contribution in [3.05, 3.63) is 65.2 Å². The fourth-order valence-corrected chi connectivity index (χ4v) is 3.83. The van der Waals surface area contributed by atoms with Gasteiger partial charge in [-0.1, -0.05) is 18.2 Å². The summed E-state index contributed by atoms with van der Waals surface area (Å²) in [5, 5.41) is 7.60. The molecule has 4 N–H and O–H groups in total. The number of nitrogens with zero attached hydrogens (tertiary/aromatic N) is 2. The molecule has 144 valence electrons. The first-order valence-electron chi connectivity index (χ1n) is 9.31. The molecule has 1 unspecified atom stereocenters. The highest BCUT2D eigenvalue weighted by atomic mass is 19.1. The van der Waals surface area contributed by atoms with Crippen LogP contribution in [0.4, 0.5) is 10.2 Å². The van der Waals surface area contributed by atoms with E-state index in [4.69, 9.17) is 5.73 Å². The molecule has 0 spiro atoms. The molecule has 0 radical (unpaired) electrons. The number of anilines is 1. The zero-order chi connectivity index (χ0) is 19.7. The molecule has 28 heavy (non-hydrogen) atoms. The molecule has 1 aliphatic rings. The molecule has 6 nitrogen and oxygen atoms in total. The summed E-state index contributed by atoms with van der Waals surface area (Å²) >= 11 is 0. The first-order chi connectivity index (χ1) is 13.5. The molecule has 1 saturated heterocycles. The lowest BCUT2D eigenvalue weighted by Gasteiger charge is -2.34. The van der Waals surface area contributed by atoms with Crippen molar-refractivity contribution in [3.63, 3.8) is 0 Å². The van der Waals surface area contributed by atoms with Gasteiger partial charge in [-0.3, -0.25) is 4.79 Å². The Bertz CT molecular complexity index is 1040. The summed E-state index contributed by atoms with van der Waals surface area (Å²) in [6.07, 6.45) is 2.31. The van der Waals surface area contributed by atoms with E-state index in [2.05, 4.69) is 20.6 Å². The van der Waals surface area contributed by atoms with E-state index in [1.807, 2.05) is 18.2 Å². The monoisotopic (exact) mass is 379 g/mol. The van der Waals surface area contributed by atoms with Crippen LogP contribution < -0.4 is 16.4 Å². The van der Waals surface area contributed by atoms with E-state index in [9.17, 15) is 9.18 Å². The van der Waals surface area contributed by atoms with E-state index in [0.717, 1.165) is 30.5 Å². The summed E-state index contributed by atoms with van der Waals surface area (Å²) in [7, 11) is 0. The number of carbonyl (C=O) groups is 1. The van der Waals surface area contributed by atoms with Gasteiger partial charge in [-0.2, -0.15) is 0 Å². The average molecular weight is 379 g/mol. The van der Waals surface area contributed by atoms with Crippen LogP contribution in [-0.4, -0.2) is 35.0 Å². The van der Waals surface area contributed by atoms with Gasteiger partial charge in [0.05, 0.1) is 11.1 Å². The summed E-state index contributed by atoms with van der Waals surface area (Å²) in [5.74, 6) is 0.0658. The zero-order valence-electron chi connectivity index (χ0n) is 15.6. The van der Waals surface area contributed by atoms with Crippen LogP contribution in [0, 0.1) is 12.7 Å². The topological polar surface area (TPSA) is 92.9 Å². The third-order valence-electron chi connectivity index (χ3n) is 5.36. The van der Waals surface area contributed by atoms with Gasteiger partial charge in [0.25, 0.3) is 5.91 Å². The summed E-state index contributed by atoms with van der Waals surface area (Å²) in [4.78, 5) is 20.3. The van der Waals surface area contributed by atoms with Gasteiger partial charge in [0.1, 0.15) is 18.0 Å². The number of carbonyl (C=O) groups excluding carboxylic acids is 1. The molecule has 1 fully saturated rings. The number of aromatic nitrogens is 2. The molecule has 2 aromatic carbocycles. The van der Waals surface area contributed by atoms with Gasteiger partial charge in [0, 0.05) is 23.9 Å². The fourth-order valence-electron chi connectivity index (χ4n) is 3.83. The van der Waals surface area contributed by atoms with Crippen molar-refractivity contribution < 1.29 is 9.18 Å². The van der Waals surface area contributed by atoms with Crippen LogP contribution in [0.5, 0.6) is 0 Å². The third-order valence-corrected chi connectivity index (χ3v) is 5.36. The number of fused-ring (bicyclic) bond motifs is 1. The number of amides is 1. The maximum Gasteiger partial charge on any atom is 0.250 e. The number of halogens is 1. The van der Waals surface area contributed by atoms with E-state index in [1.165, 1.54) is 6.33 Å². The number of rotatable bonds is 4. The van der Waals surface area contributed by atoms with Gasteiger partial charge >= 0.3 is 0 Å². The number of nitrogens with two attached hydrogens (primary N) is 1. The second-order valence-electron chi connectivity index (χ2n) is 7.15. The maximum atomic E-state index is 14.1. The normalized spacial score (nSPS) is 19.5. The SMILES string of the molecule is Cc1ccc([C@H]2CCNCC2Nc2ncnc3c(C(N)=O)cccc23)cc1F. The second kappa shape index (κ2) is 7.52.